The molecule has 0 fully saturated rings. The molecular weight excluding hydrogens is 244 g/mol. The summed E-state index contributed by atoms with van der Waals surface area (Å²) in [7, 11) is 0. The van der Waals surface area contributed by atoms with E-state index in [1.807, 2.05) is 0 Å². The van der Waals surface area contributed by atoms with E-state index in [1.165, 1.54) is 6.20 Å². The number of benzene rings is 1. The number of hydrogen-bond acceptors (Lipinski definition) is 2. The third kappa shape index (κ3) is 2.91. The van der Waals surface area contributed by atoms with E-state index in [9.17, 15) is 0 Å². The maximum absolute atomic E-state index is 8.28. The first kappa shape index (κ1) is 7.95. The second kappa shape index (κ2) is 5.66. The summed E-state index contributed by atoms with van der Waals surface area (Å²) in [5.74, 6) is 0. The molecule has 0 aliphatic rings. The van der Waals surface area contributed by atoms with Crippen LogP contribution >= 0.6 is 0 Å². The minimum Gasteiger partial charge on any atom is -0.261 e. The molecule has 0 saturated heterocycles. The van der Waals surface area contributed by atoms with Crippen LogP contribution < -0.4 is 0 Å². The fraction of sp³-hybridized carbons (Fsp3) is 0.111. The van der Waals surface area contributed by atoms with Gasteiger partial charge >= 0.3 is 0 Å². The van der Waals surface area contributed by atoms with Gasteiger partial charge in [0.2, 0.25) is 0 Å². The summed E-state index contributed by atoms with van der Waals surface area (Å²) < 4.78 is 38.8. The highest BCUT2D eigenvalue weighted by molar-refractivity contribution is 5.59. The lowest BCUT2D eigenvalue weighted by atomic mass is 10.1. The van der Waals surface area contributed by atoms with Crippen molar-refractivity contribution in [1.82, 2.24) is 9.97 Å². The largest absolute Gasteiger partial charge is 0.261 e. The zero-order chi connectivity index (χ0) is 18.1. The van der Waals surface area contributed by atoms with Crippen LogP contribution in [0.2, 0.25) is 0 Å². The SMILES string of the molecule is [2H]C([2H])([2H])c1ccc(-c2ccc(C([2H])([2H])c3ccccn3)cn2)cc1. The predicted molar refractivity (Wildman–Crippen MR) is 81.5 cm³/mol. The molecule has 0 aliphatic heterocycles. The van der Waals surface area contributed by atoms with E-state index in [-0.39, 0.29) is 5.56 Å². The number of nitrogens with zero attached hydrogens (tertiary/aromatic N) is 2. The van der Waals surface area contributed by atoms with Gasteiger partial charge in [-0.25, -0.2) is 0 Å². The molecule has 0 aliphatic carbocycles. The molecule has 3 aromatic rings. The first-order valence-electron chi connectivity index (χ1n) is 8.77. The smallest absolute Gasteiger partial charge is 0.0702 e. The summed E-state index contributed by atoms with van der Waals surface area (Å²) in [5, 5.41) is 0. The molecule has 1 aromatic carbocycles. The highest BCUT2D eigenvalue weighted by Gasteiger charge is 2.01. The van der Waals surface area contributed by atoms with Gasteiger partial charge in [-0.15, -0.1) is 0 Å². The Kier molecular flexibility index (Phi) is 2.25. The molecule has 20 heavy (non-hydrogen) atoms. The van der Waals surface area contributed by atoms with Crippen molar-refractivity contribution in [1.29, 1.82) is 0 Å². The predicted octanol–water partition coefficient (Wildman–Crippen LogP) is 4.04. The van der Waals surface area contributed by atoms with Crippen molar-refractivity contribution < 1.29 is 6.85 Å². The van der Waals surface area contributed by atoms with Crippen molar-refractivity contribution in [2.75, 3.05) is 0 Å². The van der Waals surface area contributed by atoms with Gasteiger partial charge in [-0.3, -0.25) is 9.97 Å². The molecule has 2 heterocycles. The van der Waals surface area contributed by atoms with E-state index in [4.69, 9.17) is 6.85 Å². The number of rotatable bonds is 3. The first-order chi connectivity index (χ1) is 11.8. The number of aromatic nitrogens is 2. The molecule has 2 nitrogen and oxygen atoms in total. The Labute approximate surface area is 126 Å². The summed E-state index contributed by atoms with van der Waals surface area (Å²) in [5.41, 5.74) is 2.44. The second-order valence-corrected chi connectivity index (χ2v) is 4.35. The minimum absolute atomic E-state index is 0.277. The summed E-state index contributed by atoms with van der Waals surface area (Å²) in [6, 6.07) is 15.1. The molecule has 0 amide bonds. The summed E-state index contributed by atoms with van der Waals surface area (Å²) in [4.78, 5) is 8.41. The summed E-state index contributed by atoms with van der Waals surface area (Å²) in [6.45, 7) is -2.13. The maximum Gasteiger partial charge on any atom is 0.0702 e. The molecule has 0 saturated carbocycles. The molecule has 0 unspecified atom stereocenters. The Bertz CT molecular complexity index is 841. The van der Waals surface area contributed by atoms with E-state index in [1.54, 1.807) is 60.8 Å². The van der Waals surface area contributed by atoms with Crippen LogP contribution in [0.1, 0.15) is 23.7 Å². The van der Waals surface area contributed by atoms with Crippen molar-refractivity contribution in [3.8, 4) is 11.3 Å². The van der Waals surface area contributed by atoms with Gasteiger partial charge in [-0.2, -0.15) is 0 Å². The summed E-state index contributed by atoms with van der Waals surface area (Å²) in [6.07, 6.45) is 1.31. The van der Waals surface area contributed by atoms with Gasteiger partial charge in [0, 0.05) is 36.9 Å². The molecule has 0 atom stereocenters. The van der Waals surface area contributed by atoms with Gasteiger partial charge in [-0.05, 0) is 30.6 Å². The van der Waals surface area contributed by atoms with Crippen LogP contribution in [0.5, 0.6) is 0 Å². The Morgan fingerprint density at radius 3 is 2.55 bits per heavy atom. The topological polar surface area (TPSA) is 25.8 Å². The Balaban J connectivity index is 1.88. The maximum atomic E-state index is 8.28. The number of hydrogen-bond donors (Lipinski definition) is 0. The van der Waals surface area contributed by atoms with E-state index in [2.05, 4.69) is 9.97 Å². The molecule has 0 bridgehead atoms. The minimum atomic E-state index is -2.13. The van der Waals surface area contributed by atoms with Gasteiger partial charge < -0.3 is 0 Å². The zero-order valence-corrected chi connectivity index (χ0v) is 10.7. The third-order valence-electron chi connectivity index (χ3n) is 2.88. The lowest BCUT2D eigenvalue weighted by molar-refractivity contribution is 1.06. The average molecular weight is 265 g/mol. The zero-order valence-electron chi connectivity index (χ0n) is 15.7. The lowest BCUT2D eigenvalue weighted by Gasteiger charge is -2.04. The fourth-order valence-electron chi connectivity index (χ4n) is 1.86. The lowest BCUT2D eigenvalue weighted by Crippen LogP contribution is -1.93. The monoisotopic (exact) mass is 265 g/mol. The van der Waals surface area contributed by atoms with Crippen LogP contribution in [0.15, 0.2) is 67.0 Å². The van der Waals surface area contributed by atoms with Crippen molar-refractivity contribution in [3.05, 3.63) is 83.8 Å². The van der Waals surface area contributed by atoms with Gasteiger partial charge in [0.1, 0.15) is 0 Å². The van der Waals surface area contributed by atoms with Gasteiger partial charge in [-0.1, -0.05) is 42.0 Å². The molecule has 0 radical (unpaired) electrons. The first-order valence-corrected chi connectivity index (χ1v) is 6.27. The van der Waals surface area contributed by atoms with E-state index >= 15 is 0 Å². The van der Waals surface area contributed by atoms with Crippen LogP contribution in [0.25, 0.3) is 11.3 Å². The fourth-order valence-corrected chi connectivity index (χ4v) is 1.86. The highest BCUT2D eigenvalue weighted by atomic mass is 14.7. The quantitative estimate of drug-likeness (QED) is 0.714. The van der Waals surface area contributed by atoms with Crippen molar-refractivity contribution in [2.45, 2.75) is 13.2 Å². The third-order valence-corrected chi connectivity index (χ3v) is 2.88. The molecular formula is C18H16N2. The highest BCUT2D eigenvalue weighted by Crippen LogP contribution is 2.18. The van der Waals surface area contributed by atoms with Crippen LogP contribution in [0.4, 0.5) is 0 Å². The standard InChI is InChI=1S/C18H16N2/c1-14-5-8-16(9-6-14)18-10-7-15(13-20-18)12-17-4-2-3-11-19-17/h2-11,13H,12H2,1H3/i1D3,12D2. The van der Waals surface area contributed by atoms with Crippen LogP contribution in [0, 0.1) is 6.85 Å². The van der Waals surface area contributed by atoms with Gasteiger partial charge in [0.25, 0.3) is 0 Å². The van der Waals surface area contributed by atoms with E-state index < -0.39 is 13.2 Å². The molecule has 2 aromatic heterocycles. The van der Waals surface area contributed by atoms with Gasteiger partial charge in [0.15, 0.2) is 0 Å². The molecule has 0 N–H and O–H groups in total. The Hall–Kier alpha value is -2.48. The summed E-state index contributed by atoms with van der Waals surface area (Å²) >= 11 is 0. The van der Waals surface area contributed by atoms with E-state index in [0.29, 0.717) is 17.0 Å². The number of aryl methyl sites for hydroxylation is 1. The Morgan fingerprint density at radius 2 is 1.90 bits per heavy atom. The Morgan fingerprint density at radius 1 is 1.00 bits per heavy atom. The van der Waals surface area contributed by atoms with Gasteiger partial charge in [0.05, 0.1) is 5.69 Å². The second-order valence-electron chi connectivity index (χ2n) is 4.35. The molecule has 0 spiro atoms. The molecule has 2 heteroatoms. The van der Waals surface area contributed by atoms with E-state index in [0.717, 1.165) is 5.56 Å². The molecule has 98 valence electrons. The number of pyridine rings is 2. The van der Waals surface area contributed by atoms with Crippen molar-refractivity contribution in [2.24, 2.45) is 0 Å². The average Bonchev–Trinajstić information content (AvgIpc) is 2.62. The van der Waals surface area contributed by atoms with Crippen LogP contribution in [-0.2, 0) is 6.37 Å². The van der Waals surface area contributed by atoms with Crippen LogP contribution in [0.3, 0.4) is 0 Å². The van der Waals surface area contributed by atoms with Crippen molar-refractivity contribution >= 4 is 0 Å². The van der Waals surface area contributed by atoms with Crippen LogP contribution in [-0.4, -0.2) is 9.97 Å². The van der Waals surface area contributed by atoms with Crippen molar-refractivity contribution in [3.63, 3.8) is 0 Å². The normalized spacial score (nSPS) is 15.5. The molecule has 3 rings (SSSR count).